The Morgan fingerprint density at radius 2 is 2.23 bits per heavy atom. The van der Waals surface area contributed by atoms with Gasteiger partial charge < -0.3 is 10.6 Å². The van der Waals surface area contributed by atoms with Crippen LogP contribution >= 0.6 is 0 Å². The first kappa shape index (κ1) is 8.51. The van der Waals surface area contributed by atoms with E-state index in [-0.39, 0.29) is 0 Å². The Morgan fingerprint density at radius 3 is 2.92 bits per heavy atom. The highest BCUT2D eigenvalue weighted by Gasteiger charge is 2.11. The van der Waals surface area contributed by atoms with Crippen LogP contribution in [0.5, 0.6) is 0 Å². The molecule has 0 radical (unpaired) electrons. The first-order valence-corrected chi connectivity index (χ1v) is 4.82. The van der Waals surface area contributed by atoms with Gasteiger partial charge in [0, 0.05) is 30.7 Å². The van der Waals surface area contributed by atoms with Crippen molar-refractivity contribution in [3.05, 3.63) is 24.5 Å². The molecule has 3 heteroatoms. The van der Waals surface area contributed by atoms with E-state index in [0.717, 1.165) is 13.1 Å². The summed E-state index contributed by atoms with van der Waals surface area (Å²) in [7, 11) is 0. The lowest BCUT2D eigenvalue weighted by atomic mass is 10.1. The van der Waals surface area contributed by atoms with Crippen molar-refractivity contribution in [2.24, 2.45) is 0 Å². The Morgan fingerprint density at radius 1 is 1.38 bits per heavy atom. The van der Waals surface area contributed by atoms with Gasteiger partial charge in [-0.1, -0.05) is 0 Å². The SMILES string of the molecule is c1cc(N[C@H]2CCCNC2)ccn1. The average Bonchev–Trinajstić information content (AvgIpc) is 2.21. The minimum Gasteiger partial charge on any atom is -0.381 e. The minimum absolute atomic E-state index is 0.580. The van der Waals surface area contributed by atoms with Crippen LogP contribution in [0.25, 0.3) is 0 Å². The van der Waals surface area contributed by atoms with Crippen LogP contribution in [0.2, 0.25) is 0 Å². The molecule has 0 unspecified atom stereocenters. The molecular weight excluding hydrogens is 162 g/mol. The van der Waals surface area contributed by atoms with Crippen molar-refractivity contribution < 1.29 is 0 Å². The third-order valence-electron chi connectivity index (χ3n) is 2.35. The number of nitrogens with one attached hydrogen (secondary N) is 2. The van der Waals surface area contributed by atoms with Gasteiger partial charge in [-0.05, 0) is 31.5 Å². The van der Waals surface area contributed by atoms with Gasteiger partial charge in [-0.2, -0.15) is 0 Å². The maximum Gasteiger partial charge on any atom is 0.0386 e. The van der Waals surface area contributed by atoms with Crippen LogP contribution in [-0.2, 0) is 0 Å². The second-order valence-corrected chi connectivity index (χ2v) is 3.42. The lowest BCUT2D eigenvalue weighted by Crippen LogP contribution is -2.38. The highest BCUT2D eigenvalue weighted by molar-refractivity contribution is 5.41. The van der Waals surface area contributed by atoms with Crippen molar-refractivity contribution >= 4 is 5.69 Å². The van der Waals surface area contributed by atoms with E-state index in [1.165, 1.54) is 18.5 Å². The molecule has 1 aliphatic rings. The zero-order chi connectivity index (χ0) is 8.93. The van der Waals surface area contributed by atoms with Gasteiger partial charge in [-0.15, -0.1) is 0 Å². The summed E-state index contributed by atoms with van der Waals surface area (Å²) in [6.07, 6.45) is 6.16. The lowest BCUT2D eigenvalue weighted by molar-refractivity contribution is 0.480. The van der Waals surface area contributed by atoms with Crippen molar-refractivity contribution in [3.8, 4) is 0 Å². The molecule has 1 fully saturated rings. The third kappa shape index (κ3) is 2.42. The molecule has 0 aromatic carbocycles. The summed E-state index contributed by atoms with van der Waals surface area (Å²) >= 11 is 0. The molecule has 0 bridgehead atoms. The molecule has 0 spiro atoms. The summed E-state index contributed by atoms with van der Waals surface area (Å²) in [4.78, 5) is 3.98. The predicted octanol–water partition coefficient (Wildman–Crippen LogP) is 1.25. The highest BCUT2D eigenvalue weighted by Crippen LogP contribution is 2.10. The topological polar surface area (TPSA) is 37.0 Å². The lowest BCUT2D eigenvalue weighted by Gasteiger charge is -2.24. The Labute approximate surface area is 78.6 Å². The summed E-state index contributed by atoms with van der Waals surface area (Å²) < 4.78 is 0. The van der Waals surface area contributed by atoms with Gasteiger partial charge in [0.2, 0.25) is 0 Å². The molecule has 2 heterocycles. The molecular formula is C10H15N3. The smallest absolute Gasteiger partial charge is 0.0386 e. The van der Waals surface area contributed by atoms with Gasteiger partial charge in [0.1, 0.15) is 0 Å². The molecule has 3 nitrogen and oxygen atoms in total. The fourth-order valence-electron chi connectivity index (χ4n) is 1.66. The number of anilines is 1. The molecule has 1 aromatic heterocycles. The second-order valence-electron chi connectivity index (χ2n) is 3.42. The summed E-state index contributed by atoms with van der Waals surface area (Å²) in [6.45, 7) is 2.23. The van der Waals surface area contributed by atoms with Crippen LogP contribution in [-0.4, -0.2) is 24.1 Å². The summed E-state index contributed by atoms with van der Waals surface area (Å²) in [5, 5.41) is 6.86. The normalized spacial score (nSPS) is 22.6. The monoisotopic (exact) mass is 177 g/mol. The maximum atomic E-state index is 3.98. The van der Waals surface area contributed by atoms with Gasteiger partial charge in [-0.3, -0.25) is 4.98 Å². The number of piperidine rings is 1. The number of aromatic nitrogens is 1. The van der Waals surface area contributed by atoms with Gasteiger partial charge >= 0.3 is 0 Å². The molecule has 0 aliphatic carbocycles. The Balaban J connectivity index is 1.90. The van der Waals surface area contributed by atoms with Crippen LogP contribution in [0.1, 0.15) is 12.8 Å². The van der Waals surface area contributed by atoms with Crippen LogP contribution in [0.4, 0.5) is 5.69 Å². The maximum absolute atomic E-state index is 3.98. The number of nitrogens with zero attached hydrogens (tertiary/aromatic N) is 1. The minimum atomic E-state index is 0.580. The van der Waals surface area contributed by atoms with Crippen molar-refractivity contribution in [1.82, 2.24) is 10.3 Å². The zero-order valence-corrected chi connectivity index (χ0v) is 7.66. The Kier molecular flexibility index (Phi) is 2.77. The quantitative estimate of drug-likeness (QED) is 0.713. The highest BCUT2D eigenvalue weighted by atomic mass is 15.0. The summed E-state index contributed by atoms with van der Waals surface area (Å²) in [5.74, 6) is 0. The molecule has 1 saturated heterocycles. The molecule has 1 aromatic rings. The predicted molar refractivity (Wildman–Crippen MR) is 53.8 cm³/mol. The third-order valence-corrected chi connectivity index (χ3v) is 2.35. The number of rotatable bonds is 2. The Hall–Kier alpha value is -1.09. The fourth-order valence-corrected chi connectivity index (χ4v) is 1.66. The number of pyridine rings is 1. The largest absolute Gasteiger partial charge is 0.381 e. The average molecular weight is 177 g/mol. The number of hydrogen-bond donors (Lipinski definition) is 2. The van der Waals surface area contributed by atoms with E-state index < -0.39 is 0 Å². The summed E-state index contributed by atoms with van der Waals surface area (Å²) in [5.41, 5.74) is 1.17. The second kappa shape index (κ2) is 4.23. The summed E-state index contributed by atoms with van der Waals surface area (Å²) in [6, 6.07) is 4.60. The van der Waals surface area contributed by atoms with E-state index in [0.29, 0.717) is 6.04 Å². The van der Waals surface area contributed by atoms with Gasteiger partial charge in [-0.25, -0.2) is 0 Å². The van der Waals surface area contributed by atoms with Crippen LogP contribution in [0, 0.1) is 0 Å². The standard InChI is InChI=1S/C10H15N3/c1-2-10(8-12-5-1)13-9-3-6-11-7-4-9/h3-4,6-7,10,12H,1-2,5,8H2,(H,11,13)/t10-/m0/s1. The Bertz CT molecular complexity index is 242. The molecule has 2 N–H and O–H groups in total. The molecule has 0 amide bonds. The molecule has 1 atom stereocenters. The fraction of sp³-hybridized carbons (Fsp3) is 0.500. The molecule has 0 saturated carbocycles. The first-order valence-electron chi connectivity index (χ1n) is 4.82. The van der Waals surface area contributed by atoms with Crippen LogP contribution < -0.4 is 10.6 Å². The van der Waals surface area contributed by atoms with Gasteiger partial charge in [0.25, 0.3) is 0 Å². The van der Waals surface area contributed by atoms with Gasteiger partial charge in [0.15, 0.2) is 0 Å². The van der Waals surface area contributed by atoms with E-state index in [9.17, 15) is 0 Å². The number of hydrogen-bond acceptors (Lipinski definition) is 3. The van der Waals surface area contributed by atoms with Crippen LogP contribution in [0.3, 0.4) is 0 Å². The molecule has 70 valence electrons. The van der Waals surface area contributed by atoms with E-state index in [1.807, 2.05) is 24.5 Å². The van der Waals surface area contributed by atoms with Crippen molar-refractivity contribution in [1.29, 1.82) is 0 Å². The van der Waals surface area contributed by atoms with Crippen molar-refractivity contribution in [3.63, 3.8) is 0 Å². The van der Waals surface area contributed by atoms with E-state index in [1.54, 1.807) is 0 Å². The van der Waals surface area contributed by atoms with Gasteiger partial charge in [0.05, 0.1) is 0 Å². The molecule has 1 aliphatic heterocycles. The van der Waals surface area contributed by atoms with E-state index in [4.69, 9.17) is 0 Å². The zero-order valence-electron chi connectivity index (χ0n) is 7.66. The van der Waals surface area contributed by atoms with Crippen molar-refractivity contribution in [2.75, 3.05) is 18.4 Å². The first-order chi connectivity index (χ1) is 6.45. The molecule has 13 heavy (non-hydrogen) atoms. The van der Waals surface area contributed by atoms with E-state index in [2.05, 4.69) is 15.6 Å². The van der Waals surface area contributed by atoms with E-state index >= 15 is 0 Å². The molecule has 2 rings (SSSR count). The van der Waals surface area contributed by atoms with Crippen LogP contribution in [0.15, 0.2) is 24.5 Å². The van der Waals surface area contributed by atoms with Crippen molar-refractivity contribution in [2.45, 2.75) is 18.9 Å².